The summed E-state index contributed by atoms with van der Waals surface area (Å²) in [6, 6.07) is 9.05. The number of rotatable bonds is 3. The van der Waals surface area contributed by atoms with E-state index in [9.17, 15) is 4.79 Å². The number of benzene rings is 1. The van der Waals surface area contributed by atoms with Crippen LogP contribution in [0, 0.1) is 0 Å². The first-order chi connectivity index (χ1) is 12.2. The van der Waals surface area contributed by atoms with Crippen LogP contribution in [0.3, 0.4) is 0 Å². The van der Waals surface area contributed by atoms with E-state index < -0.39 is 0 Å². The lowest BCUT2D eigenvalue weighted by Crippen LogP contribution is -2.03. The minimum absolute atomic E-state index is 0.199. The van der Waals surface area contributed by atoms with Crippen molar-refractivity contribution < 1.29 is 4.42 Å². The number of nitrogens with one attached hydrogen (secondary N) is 2. The summed E-state index contributed by atoms with van der Waals surface area (Å²) in [5.74, 6) is 0.364. The van der Waals surface area contributed by atoms with Gasteiger partial charge >= 0.3 is 6.01 Å². The molecule has 0 saturated carbocycles. The Balaban J connectivity index is 0.000000880. The van der Waals surface area contributed by atoms with Gasteiger partial charge in [-0.05, 0) is 30.3 Å². The van der Waals surface area contributed by atoms with E-state index >= 15 is 0 Å². The Morgan fingerprint density at radius 1 is 1.16 bits per heavy atom. The first-order valence-corrected chi connectivity index (χ1v) is 8.73. The van der Waals surface area contributed by atoms with E-state index in [2.05, 4.69) is 25.5 Å². The average molecular weight is 376 g/mol. The lowest BCUT2D eigenvalue weighted by molar-refractivity contribution is 0.587. The molecule has 3 aromatic heterocycles. The van der Waals surface area contributed by atoms with Crippen LogP contribution in [0.25, 0.3) is 21.7 Å². The van der Waals surface area contributed by atoms with Gasteiger partial charge in [0.2, 0.25) is 5.89 Å². The van der Waals surface area contributed by atoms with Crippen molar-refractivity contribution in [1.29, 1.82) is 0 Å². The largest absolute Gasteiger partial charge is 0.403 e. The molecule has 0 amide bonds. The fourth-order valence-corrected chi connectivity index (χ4v) is 2.98. The Morgan fingerprint density at radius 2 is 1.92 bits per heavy atom. The highest BCUT2D eigenvalue weighted by Gasteiger charge is 2.12. The molecule has 25 heavy (non-hydrogen) atoms. The molecule has 4 aromatic rings. The number of hydrogen-bond acceptors (Lipinski definition) is 7. The smallest absolute Gasteiger partial charge is 0.322 e. The fraction of sp³-hybridized carbons (Fsp3) is 0.125. The summed E-state index contributed by atoms with van der Waals surface area (Å²) in [5, 5.41) is 11.9. The second-order valence-corrected chi connectivity index (χ2v) is 6.05. The third-order valence-electron chi connectivity index (χ3n) is 3.05. The molecule has 1 aromatic carbocycles. The number of hydrogen-bond donors (Lipinski definition) is 2. The van der Waals surface area contributed by atoms with Crippen LogP contribution in [0.15, 0.2) is 45.7 Å². The number of aromatic amines is 1. The van der Waals surface area contributed by atoms with Gasteiger partial charge in [0.1, 0.15) is 5.52 Å². The molecule has 0 spiro atoms. The topological polar surface area (TPSA) is 96.7 Å². The van der Waals surface area contributed by atoms with E-state index in [-0.39, 0.29) is 11.6 Å². The van der Waals surface area contributed by atoms with Crippen molar-refractivity contribution in [2.45, 2.75) is 13.8 Å². The third-order valence-corrected chi connectivity index (χ3v) is 4.24. The summed E-state index contributed by atoms with van der Waals surface area (Å²) in [6.07, 6.45) is 1.58. The number of halogens is 1. The molecule has 3 heterocycles. The van der Waals surface area contributed by atoms with E-state index in [0.717, 1.165) is 10.3 Å². The summed E-state index contributed by atoms with van der Waals surface area (Å²) in [5.41, 5.74) is 0.896. The Hall–Kier alpha value is -2.71. The third kappa shape index (κ3) is 3.70. The number of pyridine rings is 1. The van der Waals surface area contributed by atoms with Crippen LogP contribution in [0.1, 0.15) is 13.8 Å². The highest BCUT2D eigenvalue weighted by molar-refractivity contribution is 7.22. The highest BCUT2D eigenvalue weighted by Crippen LogP contribution is 2.27. The molecule has 4 rings (SSSR count). The summed E-state index contributed by atoms with van der Waals surface area (Å²) < 4.78 is 6.32. The van der Waals surface area contributed by atoms with Gasteiger partial charge in [0.05, 0.1) is 4.70 Å². The molecular formula is C16H14ClN5O2S. The average Bonchev–Trinajstić information content (AvgIpc) is 3.25. The van der Waals surface area contributed by atoms with Crippen LogP contribution in [-0.4, -0.2) is 20.2 Å². The van der Waals surface area contributed by atoms with Gasteiger partial charge in [-0.2, -0.15) is 0 Å². The zero-order chi connectivity index (χ0) is 17.8. The van der Waals surface area contributed by atoms with E-state index in [1.807, 2.05) is 13.8 Å². The fourth-order valence-electron chi connectivity index (χ4n) is 2.00. The quantitative estimate of drug-likeness (QED) is 0.548. The first kappa shape index (κ1) is 17.1. The van der Waals surface area contributed by atoms with Crippen molar-refractivity contribution in [3.63, 3.8) is 0 Å². The van der Waals surface area contributed by atoms with Crippen LogP contribution < -0.4 is 10.9 Å². The van der Waals surface area contributed by atoms with E-state index in [0.29, 0.717) is 21.6 Å². The number of H-pyrrole nitrogens is 1. The first-order valence-electron chi connectivity index (χ1n) is 7.54. The lowest BCUT2D eigenvalue weighted by Gasteiger charge is -1.95. The van der Waals surface area contributed by atoms with Gasteiger partial charge in [-0.3, -0.25) is 10.1 Å². The SMILES string of the molecule is CC.O=c1[nH]ccc2sc(Nc3nnc(-c4ccc(Cl)cc4)o3)nc12. The molecule has 0 saturated heterocycles. The number of thiazole rings is 1. The molecule has 128 valence electrons. The molecule has 0 fully saturated rings. The monoisotopic (exact) mass is 375 g/mol. The summed E-state index contributed by atoms with van der Waals surface area (Å²) >= 11 is 7.17. The van der Waals surface area contributed by atoms with Gasteiger partial charge in [-0.25, -0.2) is 4.98 Å². The molecule has 2 N–H and O–H groups in total. The summed E-state index contributed by atoms with van der Waals surface area (Å²) in [4.78, 5) is 18.5. The van der Waals surface area contributed by atoms with Gasteiger partial charge in [-0.15, -0.1) is 5.10 Å². The Bertz CT molecular complexity index is 1040. The number of anilines is 2. The van der Waals surface area contributed by atoms with E-state index in [1.165, 1.54) is 11.3 Å². The van der Waals surface area contributed by atoms with Crippen molar-refractivity contribution >= 4 is 44.3 Å². The number of aromatic nitrogens is 4. The maximum Gasteiger partial charge on any atom is 0.322 e. The second-order valence-electron chi connectivity index (χ2n) is 4.58. The number of fused-ring (bicyclic) bond motifs is 1. The maximum atomic E-state index is 11.7. The van der Waals surface area contributed by atoms with Crippen LogP contribution in [-0.2, 0) is 0 Å². The van der Waals surface area contributed by atoms with E-state index in [1.54, 1.807) is 36.5 Å². The molecule has 0 atom stereocenters. The molecule has 0 aliphatic rings. The molecule has 0 radical (unpaired) electrons. The zero-order valence-corrected chi connectivity index (χ0v) is 15.0. The standard InChI is InChI=1S/C14H8ClN5O2S.C2H6/c15-8-3-1-7(2-4-8)12-19-20-13(22-12)18-14-17-10-9(23-14)5-6-16-11(10)21;1-2/h1-6H,(H,16,21)(H,17,18,20);1-2H3. The minimum Gasteiger partial charge on any atom is -0.403 e. The Kier molecular flexibility index (Phi) is 5.11. The van der Waals surface area contributed by atoms with Gasteiger partial charge in [0.25, 0.3) is 5.56 Å². The Morgan fingerprint density at radius 3 is 2.64 bits per heavy atom. The molecule has 9 heteroatoms. The van der Waals surface area contributed by atoms with Crippen molar-refractivity contribution in [1.82, 2.24) is 20.2 Å². The molecule has 7 nitrogen and oxygen atoms in total. The minimum atomic E-state index is -0.237. The molecule has 0 aliphatic carbocycles. The highest BCUT2D eigenvalue weighted by atomic mass is 35.5. The van der Waals surface area contributed by atoms with Crippen LogP contribution >= 0.6 is 22.9 Å². The van der Waals surface area contributed by atoms with Crippen molar-refractivity contribution in [2.75, 3.05) is 5.32 Å². The van der Waals surface area contributed by atoms with Gasteiger partial charge in [0, 0.05) is 16.8 Å². The van der Waals surface area contributed by atoms with Crippen molar-refractivity contribution in [3.05, 3.63) is 51.9 Å². The summed E-state index contributed by atoms with van der Waals surface area (Å²) in [7, 11) is 0. The van der Waals surface area contributed by atoms with Crippen LogP contribution in [0.4, 0.5) is 11.1 Å². The van der Waals surface area contributed by atoms with Gasteiger partial charge in [0.15, 0.2) is 5.13 Å². The van der Waals surface area contributed by atoms with Crippen molar-refractivity contribution in [2.24, 2.45) is 0 Å². The maximum absolute atomic E-state index is 11.7. The lowest BCUT2D eigenvalue weighted by atomic mass is 10.2. The van der Waals surface area contributed by atoms with Gasteiger partial charge in [-0.1, -0.05) is 41.9 Å². The van der Waals surface area contributed by atoms with E-state index in [4.69, 9.17) is 16.0 Å². The molecule has 0 aliphatic heterocycles. The predicted octanol–water partition coefficient (Wildman–Crippen LogP) is 4.46. The van der Waals surface area contributed by atoms with Crippen LogP contribution in [0.5, 0.6) is 0 Å². The Labute approximate surface area is 151 Å². The van der Waals surface area contributed by atoms with Crippen LogP contribution in [0.2, 0.25) is 5.02 Å². The normalized spacial score (nSPS) is 10.4. The van der Waals surface area contributed by atoms with Crippen molar-refractivity contribution in [3.8, 4) is 11.5 Å². The molecular weight excluding hydrogens is 362 g/mol. The second kappa shape index (κ2) is 7.45. The number of nitrogens with zero attached hydrogens (tertiary/aromatic N) is 3. The molecule has 0 unspecified atom stereocenters. The molecule has 0 bridgehead atoms. The zero-order valence-electron chi connectivity index (χ0n) is 13.4. The summed E-state index contributed by atoms with van der Waals surface area (Å²) in [6.45, 7) is 4.00. The predicted molar refractivity (Wildman–Crippen MR) is 99.6 cm³/mol. The van der Waals surface area contributed by atoms with Gasteiger partial charge < -0.3 is 9.40 Å².